The molecule has 4 heteroatoms. The normalized spacial score (nSPS) is 19.1. The Morgan fingerprint density at radius 2 is 1.76 bits per heavy atom. The number of alkyl carbamates (subject to hydrolysis) is 1. The third kappa shape index (κ3) is 8.30. The highest BCUT2D eigenvalue weighted by Crippen LogP contribution is 2.32. The molecule has 0 bridgehead atoms. The number of nitrogens with one attached hydrogen (secondary N) is 2. The number of piperidine rings is 1. The fraction of sp³-hybridized carbons (Fsp3) is 0.941. The average Bonchev–Trinajstić information content (AvgIpc) is 2.32. The molecule has 1 heterocycles. The summed E-state index contributed by atoms with van der Waals surface area (Å²) in [6, 6.07) is 0. The number of ether oxygens (including phenoxy) is 1. The third-order valence-corrected chi connectivity index (χ3v) is 3.83. The number of amides is 1. The van der Waals surface area contributed by atoms with E-state index in [4.69, 9.17) is 4.74 Å². The predicted octanol–water partition coefficient (Wildman–Crippen LogP) is 3.56. The summed E-state index contributed by atoms with van der Waals surface area (Å²) in [6.45, 7) is 15.4. The maximum Gasteiger partial charge on any atom is 0.407 e. The summed E-state index contributed by atoms with van der Waals surface area (Å²) in [5.74, 6) is 1.22. The van der Waals surface area contributed by atoms with Gasteiger partial charge in [-0.3, -0.25) is 0 Å². The lowest BCUT2D eigenvalue weighted by Gasteiger charge is -2.35. The molecule has 0 aromatic carbocycles. The van der Waals surface area contributed by atoms with Crippen LogP contribution < -0.4 is 10.6 Å². The molecule has 0 saturated carbocycles. The Kier molecular flexibility index (Phi) is 6.51. The summed E-state index contributed by atoms with van der Waals surface area (Å²) in [5.41, 5.74) is -0.149. The van der Waals surface area contributed by atoms with Crippen LogP contribution in [0, 0.1) is 17.3 Å². The molecule has 1 atom stereocenters. The molecule has 1 rings (SSSR count). The molecule has 1 fully saturated rings. The largest absolute Gasteiger partial charge is 0.444 e. The van der Waals surface area contributed by atoms with Crippen LogP contribution in [0.25, 0.3) is 0 Å². The molecule has 1 saturated heterocycles. The standard InChI is InChI=1S/C17H34N2O2/c1-16(2,3)11-14(13-7-9-18-10-8-13)12-19-15(20)21-17(4,5)6/h13-14,18H,7-12H2,1-6H3,(H,19,20). The van der Waals surface area contributed by atoms with Gasteiger partial charge in [0.2, 0.25) is 0 Å². The van der Waals surface area contributed by atoms with Crippen molar-refractivity contribution in [2.24, 2.45) is 17.3 Å². The second-order valence-electron chi connectivity index (χ2n) is 8.50. The highest BCUT2D eigenvalue weighted by molar-refractivity contribution is 5.67. The van der Waals surface area contributed by atoms with Crippen molar-refractivity contribution in [3.8, 4) is 0 Å². The van der Waals surface area contributed by atoms with Crippen molar-refractivity contribution < 1.29 is 9.53 Å². The topological polar surface area (TPSA) is 50.4 Å². The first-order chi connectivity index (χ1) is 9.57. The molecule has 1 aliphatic rings. The van der Waals surface area contributed by atoms with Gasteiger partial charge in [-0.2, -0.15) is 0 Å². The van der Waals surface area contributed by atoms with E-state index in [9.17, 15) is 4.79 Å². The van der Waals surface area contributed by atoms with Gasteiger partial charge in [-0.1, -0.05) is 20.8 Å². The minimum Gasteiger partial charge on any atom is -0.444 e. The number of carbonyl (C=O) groups is 1. The fourth-order valence-corrected chi connectivity index (χ4v) is 3.04. The molecule has 0 aliphatic carbocycles. The highest BCUT2D eigenvalue weighted by atomic mass is 16.6. The zero-order valence-corrected chi connectivity index (χ0v) is 14.7. The summed E-state index contributed by atoms with van der Waals surface area (Å²) in [4.78, 5) is 11.9. The van der Waals surface area contributed by atoms with Crippen molar-refractivity contribution in [2.75, 3.05) is 19.6 Å². The lowest BCUT2D eigenvalue weighted by atomic mass is 9.75. The Morgan fingerprint density at radius 3 is 2.24 bits per heavy atom. The van der Waals surface area contributed by atoms with Crippen molar-refractivity contribution >= 4 is 6.09 Å². The van der Waals surface area contributed by atoms with E-state index in [2.05, 4.69) is 31.4 Å². The van der Waals surface area contributed by atoms with Crippen LogP contribution in [-0.4, -0.2) is 31.3 Å². The highest BCUT2D eigenvalue weighted by Gasteiger charge is 2.28. The van der Waals surface area contributed by atoms with E-state index in [1.54, 1.807) is 0 Å². The van der Waals surface area contributed by atoms with E-state index >= 15 is 0 Å². The lowest BCUT2D eigenvalue weighted by Crippen LogP contribution is -2.40. The lowest BCUT2D eigenvalue weighted by molar-refractivity contribution is 0.0501. The van der Waals surface area contributed by atoms with Crippen LogP contribution in [0.3, 0.4) is 0 Å². The number of hydrogen-bond acceptors (Lipinski definition) is 3. The van der Waals surface area contributed by atoms with Crippen LogP contribution in [0.2, 0.25) is 0 Å². The van der Waals surface area contributed by atoms with E-state index in [1.807, 2.05) is 20.8 Å². The molecule has 4 nitrogen and oxygen atoms in total. The molecule has 2 N–H and O–H groups in total. The molecule has 0 aromatic rings. The van der Waals surface area contributed by atoms with Crippen LogP contribution in [0.5, 0.6) is 0 Å². The van der Waals surface area contributed by atoms with Crippen molar-refractivity contribution in [1.82, 2.24) is 10.6 Å². The van der Waals surface area contributed by atoms with Gasteiger partial charge in [-0.25, -0.2) is 4.79 Å². The van der Waals surface area contributed by atoms with Crippen molar-refractivity contribution in [2.45, 2.75) is 66.4 Å². The van der Waals surface area contributed by atoms with Gasteiger partial charge >= 0.3 is 6.09 Å². The van der Waals surface area contributed by atoms with Gasteiger partial charge in [0.25, 0.3) is 0 Å². The zero-order chi connectivity index (χ0) is 16.1. The minimum absolute atomic E-state index is 0.283. The first-order valence-electron chi connectivity index (χ1n) is 8.24. The maximum atomic E-state index is 11.9. The number of carbonyl (C=O) groups excluding carboxylic acids is 1. The van der Waals surface area contributed by atoms with E-state index in [0.29, 0.717) is 11.8 Å². The van der Waals surface area contributed by atoms with Gasteiger partial charge in [0.1, 0.15) is 5.60 Å². The summed E-state index contributed by atoms with van der Waals surface area (Å²) < 4.78 is 5.34. The van der Waals surface area contributed by atoms with Gasteiger partial charge in [-0.05, 0) is 70.4 Å². The Morgan fingerprint density at radius 1 is 1.19 bits per heavy atom. The molecule has 0 spiro atoms. The summed E-state index contributed by atoms with van der Waals surface area (Å²) in [5, 5.41) is 6.39. The van der Waals surface area contributed by atoms with Crippen molar-refractivity contribution in [3.05, 3.63) is 0 Å². The first-order valence-corrected chi connectivity index (χ1v) is 8.24. The quantitative estimate of drug-likeness (QED) is 0.834. The second-order valence-corrected chi connectivity index (χ2v) is 8.50. The van der Waals surface area contributed by atoms with Gasteiger partial charge in [0.05, 0.1) is 0 Å². The second kappa shape index (κ2) is 7.48. The molecule has 124 valence electrons. The van der Waals surface area contributed by atoms with Gasteiger partial charge in [0, 0.05) is 6.54 Å². The minimum atomic E-state index is -0.432. The van der Waals surface area contributed by atoms with Crippen LogP contribution >= 0.6 is 0 Å². The van der Waals surface area contributed by atoms with Crippen molar-refractivity contribution in [3.63, 3.8) is 0 Å². The molecular weight excluding hydrogens is 264 g/mol. The molecule has 1 amide bonds. The van der Waals surface area contributed by atoms with Crippen LogP contribution in [-0.2, 0) is 4.74 Å². The Labute approximate surface area is 130 Å². The molecule has 1 aliphatic heterocycles. The summed E-state index contributed by atoms with van der Waals surface area (Å²) >= 11 is 0. The van der Waals surface area contributed by atoms with E-state index < -0.39 is 5.60 Å². The average molecular weight is 298 g/mol. The van der Waals surface area contributed by atoms with E-state index in [-0.39, 0.29) is 11.5 Å². The number of rotatable bonds is 4. The maximum absolute atomic E-state index is 11.9. The summed E-state index contributed by atoms with van der Waals surface area (Å²) in [7, 11) is 0. The van der Waals surface area contributed by atoms with Crippen molar-refractivity contribution in [1.29, 1.82) is 0 Å². The van der Waals surface area contributed by atoms with Crippen LogP contribution in [0.1, 0.15) is 60.8 Å². The molecule has 0 aromatic heterocycles. The van der Waals surface area contributed by atoms with E-state index in [0.717, 1.165) is 26.1 Å². The van der Waals surface area contributed by atoms with E-state index in [1.165, 1.54) is 12.8 Å². The predicted molar refractivity (Wildman–Crippen MR) is 87.4 cm³/mol. The fourth-order valence-electron chi connectivity index (χ4n) is 3.04. The van der Waals surface area contributed by atoms with Gasteiger partial charge in [-0.15, -0.1) is 0 Å². The summed E-state index contributed by atoms with van der Waals surface area (Å²) in [6.07, 6.45) is 3.25. The SMILES string of the molecule is CC(C)(C)CC(CNC(=O)OC(C)(C)C)C1CCNCC1. The Bertz CT molecular complexity index is 323. The monoisotopic (exact) mass is 298 g/mol. The van der Waals surface area contributed by atoms with Gasteiger partial charge < -0.3 is 15.4 Å². The Hall–Kier alpha value is -0.770. The first kappa shape index (κ1) is 18.3. The number of hydrogen-bond donors (Lipinski definition) is 2. The zero-order valence-electron chi connectivity index (χ0n) is 14.7. The van der Waals surface area contributed by atoms with Gasteiger partial charge in [0.15, 0.2) is 0 Å². The third-order valence-electron chi connectivity index (χ3n) is 3.83. The Balaban J connectivity index is 2.54. The van der Waals surface area contributed by atoms with Crippen LogP contribution in [0.15, 0.2) is 0 Å². The van der Waals surface area contributed by atoms with Crippen LogP contribution in [0.4, 0.5) is 4.79 Å². The molecule has 1 unspecified atom stereocenters. The molecule has 0 radical (unpaired) electrons. The molecular formula is C17H34N2O2. The molecule has 21 heavy (non-hydrogen) atoms. The smallest absolute Gasteiger partial charge is 0.407 e.